The molecule has 20 heavy (non-hydrogen) atoms. The van der Waals surface area contributed by atoms with Crippen LogP contribution in [0.5, 0.6) is 0 Å². The number of likely N-dealkylation sites (N-methyl/N-ethyl adjacent to an activating group) is 1. The van der Waals surface area contributed by atoms with Gasteiger partial charge in [-0.15, -0.1) is 0 Å². The Balaban J connectivity index is 2.07. The highest BCUT2D eigenvalue weighted by molar-refractivity contribution is 6.31. The maximum atomic E-state index is 6.31. The minimum atomic E-state index is 0.358. The van der Waals surface area contributed by atoms with Crippen LogP contribution in [0.2, 0.25) is 10.0 Å². The van der Waals surface area contributed by atoms with Crippen molar-refractivity contribution in [3.05, 3.63) is 69.2 Å². The molecule has 0 aliphatic heterocycles. The highest BCUT2D eigenvalue weighted by Crippen LogP contribution is 2.20. The molecule has 1 atom stereocenters. The normalized spacial score (nSPS) is 12.4. The first-order chi connectivity index (χ1) is 9.58. The van der Waals surface area contributed by atoms with Crippen molar-refractivity contribution in [3.8, 4) is 0 Å². The highest BCUT2D eigenvalue weighted by Gasteiger charge is 2.11. The molecule has 0 saturated carbocycles. The van der Waals surface area contributed by atoms with E-state index in [1.165, 1.54) is 16.7 Å². The van der Waals surface area contributed by atoms with Gasteiger partial charge in [0, 0.05) is 16.1 Å². The first-order valence-corrected chi connectivity index (χ1v) is 7.51. The van der Waals surface area contributed by atoms with Crippen LogP contribution in [0.4, 0.5) is 0 Å². The number of aryl methyl sites for hydroxylation is 1. The Bertz CT molecular complexity index is 564. The van der Waals surface area contributed by atoms with Gasteiger partial charge in [-0.3, -0.25) is 0 Å². The predicted octanol–water partition coefficient (Wildman–Crippen LogP) is 4.68. The molecule has 2 aromatic carbocycles. The van der Waals surface area contributed by atoms with Gasteiger partial charge >= 0.3 is 0 Å². The summed E-state index contributed by atoms with van der Waals surface area (Å²) in [6.07, 6.45) is 1.87. The maximum absolute atomic E-state index is 6.31. The Morgan fingerprint density at radius 3 is 2.30 bits per heavy atom. The van der Waals surface area contributed by atoms with Gasteiger partial charge in [-0.25, -0.2) is 0 Å². The van der Waals surface area contributed by atoms with Crippen molar-refractivity contribution in [2.45, 2.75) is 25.8 Å². The summed E-state index contributed by atoms with van der Waals surface area (Å²) < 4.78 is 0. The van der Waals surface area contributed by atoms with Crippen molar-refractivity contribution in [2.75, 3.05) is 7.05 Å². The van der Waals surface area contributed by atoms with E-state index in [-0.39, 0.29) is 0 Å². The lowest BCUT2D eigenvalue weighted by atomic mass is 9.98. The van der Waals surface area contributed by atoms with Crippen LogP contribution in [0.15, 0.2) is 42.5 Å². The summed E-state index contributed by atoms with van der Waals surface area (Å²) in [5.74, 6) is 0. The largest absolute Gasteiger partial charge is 0.316 e. The fourth-order valence-electron chi connectivity index (χ4n) is 2.26. The smallest absolute Gasteiger partial charge is 0.0441 e. The van der Waals surface area contributed by atoms with E-state index in [0.29, 0.717) is 6.04 Å². The highest BCUT2D eigenvalue weighted by atomic mass is 35.5. The van der Waals surface area contributed by atoms with E-state index in [1.807, 2.05) is 25.2 Å². The van der Waals surface area contributed by atoms with Gasteiger partial charge in [-0.05, 0) is 61.7 Å². The van der Waals surface area contributed by atoms with Crippen molar-refractivity contribution in [1.82, 2.24) is 5.32 Å². The lowest BCUT2D eigenvalue weighted by Crippen LogP contribution is -2.30. The zero-order chi connectivity index (χ0) is 14.5. The Labute approximate surface area is 130 Å². The summed E-state index contributed by atoms with van der Waals surface area (Å²) in [7, 11) is 1.99. The van der Waals surface area contributed by atoms with Crippen molar-refractivity contribution in [1.29, 1.82) is 0 Å². The van der Waals surface area contributed by atoms with Crippen molar-refractivity contribution in [3.63, 3.8) is 0 Å². The molecule has 0 aliphatic rings. The predicted molar refractivity (Wildman–Crippen MR) is 87.9 cm³/mol. The van der Waals surface area contributed by atoms with E-state index >= 15 is 0 Å². The van der Waals surface area contributed by atoms with Crippen molar-refractivity contribution >= 4 is 23.2 Å². The van der Waals surface area contributed by atoms with Gasteiger partial charge in [0.25, 0.3) is 0 Å². The molecule has 1 unspecified atom stereocenters. The van der Waals surface area contributed by atoms with Gasteiger partial charge in [-0.1, -0.05) is 47.5 Å². The van der Waals surface area contributed by atoms with Crippen LogP contribution < -0.4 is 5.32 Å². The van der Waals surface area contributed by atoms with Crippen LogP contribution in [0, 0.1) is 6.92 Å². The lowest BCUT2D eigenvalue weighted by molar-refractivity contribution is 0.556. The van der Waals surface area contributed by atoms with Gasteiger partial charge in [0.2, 0.25) is 0 Å². The van der Waals surface area contributed by atoms with Crippen molar-refractivity contribution < 1.29 is 0 Å². The molecule has 2 aromatic rings. The molecule has 3 heteroatoms. The second-order valence-corrected chi connectivity index (χ2v) is 5.96. The number of halogens is 2. The first-order valence-electron chi connectivity index (χ1n) is 6.75. The van der Waals surface area contributed by atoms with Gasteiger partial charge in [0.05, 0.1) is 0 Å². The van der Waals surface area contributed by atoms with Crippen LogP contribution in [0.25, 0.3) is 0 Å². The number of nitrogens with one attached hydrogen (secondary N) is 1. The van der Waals surface area contributed by atoms with Crippen LogP contribution >= 0.6 is 23.2 Å². The quantitative estimate of drug-likeness (QED) is 0.846. The monoisotopic (exact) mass is 307 g/mol. The molecular weight excluding hydrogens is 289 g/mol. The molecule has 0 radical (unpaired) electrons. The molecule has 1 N–H and O–H groups in total. The number of benzene rings is 2. The summed E-state index contributed by atoms with van der Waals surface area (Å²) in [5.41, 5.74) is 3.65. The van der Waals surface area contributed by atoms with Crippen molar-refractivity contribution in [2.24, 2.45) is 0 Å². The Kier molecular flexibility index (Phi) is 5.47. The second kappa shape index (κ2) is 7.12. The zero-order valence-electron chi connectivity index (χ0n) is 11.8. The molecule has 0 fully saturated rings. The minimum absolute atomic E-state index is 0.358. The molecule has 0 saturated heterocycles. The van der Waals surface area contributed by atoms with Gasteiger partial charge in [-0.2, -0.15) is 0 Å². The summed E-state index contributed by atoms with van der Waals surface area (Å²) in [5, 5.41) is 4.99. The van der Waals surface area contributed by atoms with Gasteiger partial charge in [0.15, 0.2) is 0 Å². The van der Waals surface area contributed by atoms with Crippen LogP contribution in [-0.4, -0.2) is 13.1 Å². The third kappa shape index (κ3) is 4.24. The van der Waals surface area contributed by atoms with E-state index in [9.17, 15) is 0 Å². The molecule has 106 valence electrons. The average Bonchev–Trinajstić information content (AvgIpc) is 2.43. The zero-order valence-corrected chi connectivity index (χ0v) is 13.3. The van der Waals surface area contributed by atoms with E-state index < -0.39 is 0 Å². The molecular formula is C17H19Cl2N. The van der Waals surface area contributed by atoms with Crippen LogP contribution in [0.1, 0.15) is 16.7 Å². The minimum Gasteiger partial charge on any atom is -0.316 e. The SMILES string of the molecule is CNC(Cc1ccc(Cl)cc1)Cc1ccc(C)cc1Cl. The lowest BCUT2D eigenvalue weighted by Gasteiger charge is -2.17. The molecule has 0 aliphatic carbocycles. The van der Waals surface area contributed by atoms with Gasteiger partial charge < -0.3 is 5.32 Å². The summed E-state index contributed by atoms with van der Waals surface area (Å²) in [6, 6.07) is 14.6. The molecule has 0 spiro atoms. The Morgan fingerprint density at radius 1 is 1.00 bits per heavy atom. The average molecular weight is 308 g/mol. The molecule has 1 nitrogen and oxygen atoms in total. The fourth-order valence-corrected chi connectivity index (χ4v) is 2.70. The number of hydrogen-bond acceptors (Lipinski definition) is 1. The third-order valence-electron chi connectivity index (χ3n) is 3.48. The molecule has 0 amide bonds. The maximum Gasteiger partial charge on any atom is 0.0441 e. The summed E-state index contributed by atoms with van der Waals surface area (Å²) >= 11 is 12.2. The van der Waals surface area contributed by atoms with Crippen LogP contribution in [-0.2, 0) is 12.8 Å². The topological polar surface area (TPSA) is 12.0 Å². The van der Waals surface area contributed by atoms with Gasteiger partial charge in [0.1, 0.15) is 0 Å². The standard InChI is InChI=1S/C17H19Cl2N/c1-12-3-6-14(17(19)9-12)11-16(20-2)10-13-4-7-15(18)8-5-13/h3-9,16,20H,10-11H2,1-2H3. The second-order valence-electron chi connectivity index (χ2n) is 5.12. The number of rotatable bonds is 5. The Hall–Kier alpha value is -1.02. The molecule has 2 rings (SSSR count). The summed E-state index contributed by atoms with van der Waals surface area (Å²) in [4.78, 5) is 0. The molecule has 0 aromatic heterocycles. The van der Waals surface area contributed by atoms with E-state index in [2.05, 4.69) is 36.5 Å². The van der Waals surface area contributed by atoms with E-state index in [1.54, 1.807) is 0 Å². The molecule has 0 heterocycles. The fraction of sp³-hybridized carbons (Fsp3) is 0.294. The van der Waals surface area contributed by atoms with E-state index in [0.717, 1.165) is 22.9 Å². The summed E-state index contributed by atoms with van der Waals surface area (Å²) in [6.45, 7) is 2.05. The first kappa shape index (κ1) is 15.4. The van der Waals surface area contributed by atoms with E-state index in [4.69, 9.17) is 23.2 Å². The number of hydrogen-bond donors (Lipinski definition) is 1. The Morgan fingerprint density at radius 2 is 1.70 bits per heavy atom. The molecule has 0 bridgehead atoms. The third-order valence-corrected chi connectivity index (χ3v) is 4.08. The van der Waals surface area contributed by atoms with Crippen LogP contribution in [0.3, 0.4) is 0 Å².